The van der Waals surface area contributed by atoms with Gasteiger partial charge in [-0.25, -0.2) is 4.79 Å². The van der Waals surface area contributed by atoms with Crippen molar-refractivity contribution in [2.24, 2.45) is 14.1 Å². The average molecular weight is 437 g/mol. The Hall–Kier alpha value is -3.33. The van der Waals surface area contributed by atoms with Crippen LogP contribution in [0.2, 0.25) is 0 Å². The Morgan fingerprint density at radius 3 is 2.62 bits per heavy atom. The average Bonchev–Trinajstić information content (AvgIpc) is 3.31. The molecule has 5 rings (SSSR count). The van der Waals surface area contributed by atoms with Crippen molar-refractivity contribution in [2.75, 3.05) is 26.2 Å². The maximum absolute atomic E-state index is 12.8. The van der Waals surface area contributed by atoms with E-state index in [2.05, 4.69) is 9.88 Å². The highest BCUT2D eigenvalue weighted by Gasteiger charge is 2.20. The van der Waals surface area contributed by atoms with Crippen molar-refractivity contribution in [1.82, 2.24) is 28.0 Å². The van der Waals surface area contributed by atoms with E-state index in [1.807, 2.05) is 42.0 Å². The number of hydrogen-bond acceptors (Lipinski definition) is 5. The number of aryl methyl sites for hydroxylation is 2. The maximum Gasteiger partial charge on any atom is 0.332 e. The van der Waals surface area contributed by atoms with Gasteiger partial charge in [0.05, 0.1) is 5.69 Å². The van der Waals surface area contributed by atoms with E-state index in [1.165, 1.54) is 30.9 Å². The van der Waals surface area contributed by atoms with Crippen LogP contribution in [0.25, 0.3) is 22.6 Å². The lowest BCUT2D eigenvalue weighted by atomic mass is 10.1. The van der Waals surface area contributed by atoms with Gasteiger partial charge in [-0.15, -0.1) is 0 Å². The fourth-order valence-electron chi connectivity index (χ4n) is 4.59. The quantitative estimate of drug-likeness (QED) is 0.477. The fourth-order valence-corrected chi connectivity index (χ4v) is 4.59. The summed E-state index contributed by atoms with van der Waals surface area (Å²) in [6, 6.07) is 7.89. The van der Waals surface area contributed by atoms with Crippen molar-refractivity contribution in [1.29, 1.82) is 0 Å². The number of fused-ring (bicyclic) bond motifs is 3. The molecule has 9 nitrogen and oxygen atoms in total. The molecule has 1 aromatic carbocycles. The summed E-state index contributed by atoms with van der Waals surface area (Å²) < 4.78 is 12.3. The SMILES string of the molecule is Cc1cn2c3c(=O)n(C)c(=O)n(C)c3nc2n1-c1cccc(OCCN2CCCCC2)c1. The molecule has 32 heavy (non-hydrogen) atoms. The van der Waals surface area contributed by atoms with Gasteiger partial charge in [0, 0.05) is 38.6 Å². The van der Waals surface area contributed by atoms with Crippen molar-refractivity contribution < 1.29 is 4.74 Å². The van der Waals surface area contributed by atoms with Crippen LogP contribution in [0.5, 0.6) is 5.75 Å². The van der Waals surface area contributed by atoms with Crippen molar-refractivity contribution >= 4 is 16.9 Å². The van der Waals surface area contributed by atoms with Gasteiger partial charge >= 0.3 is 5.69 Å². The van der Waals surface area contributed by atoms with Crippen LogP contribution in [0.3, 0.4) is 0 Å². The molecule has 0 N–H and O–H groups in total. The van der Waals surface area contributed by atoms with E-state index in [-0.39, 0.29) is 5.56 Å². The number of hydrogen-bond donors (Lipinski definition) is 0. The van der Waals surface area contributed by atoms with Gasteiger partial charge in [0.25, 0.3) is 5.56 Å². The van der Waals surface area contributed by atoms with E-state index in [4.69, 9.17) is 4.74 Å². The minimum absolute atomic E-state index is 0.359. The van der Waals surface area contributed by atoms with Crippen LogP contribution in [0.1, 0.15) is 25.0 Å². The first-order chi connectivity index (χ1) is 15.5. The standard InChI is InChI=1S/C23H28N6O3/c1-16-15-28-19-20(25(2)23(31)26(3)21(19)30)24-22(28)29(16)17-8-7-9-18(14-17)32-13-12-27-10-5-4-6-11-27/h7-9,14-15H,4-6,10-13H2,1-3H3. The Morgan fingerprint density at radius 2 is 1.84 bits per heavy atom. The second-order valence-corrected chi connectivity index (χ2v) is 8.51. The van der Waals surface area contributed by atoms with Gasteiger partial charge in [-0.05, 0) is 45.0 Å². The molecule has 0 unspecified atom stereocenters. The Morgan fingerprint density at radius 1 is 1.06 bits per heavy atom. The minimum Gasteiger partial charge on any atom is -0.492 e. The Bertz CT molecular complexity index is 1420. The third kappa shape index (κ3) is 3.33. The summed E-state index contributed by atoms with van der Waals surface area (Å²) >= 11 is 0. The largest absolute Gasteiger partial charge is 0.492 e. The van der Waals surface area contributed by atoms with Crippen LogP contribution in [0, 0.1) is 6.92 Å². The topological polar surface area (TPSA) is 78.7 Å². The number of aromatic nitrogens is 5. The maximum atomic E-state index is 12.8. The molecule has 0 bridgehead atoms. The molecular formula is C23H28N6O3. The fraction of sp³-hybridized carbons (Fsp3) is 0.435. The van der Waals surface area contributed by atoms with Gasteiger partial charge in [0.2, 0.25) is 5.78 Å². The minimum atomic E-state index is -0.393. The molecular weight excluding hydrogens is 408 g/mol. The zero-order valence-corrected chi connectivity index (χ0v) is 18.7. The van der Waals surface area contributed by atoms with Gasteiger partial charge in [-0.1, -0.05) is 12.5 Å². The van der Waals surface area contributed by atoms with Gasteiger partial charge in [-0.2, -0.15) is 4.98 Å². The number of likely N-dealkylation sites (tertiary alicyclic amines) is 1. The number of imidazole rings is 2. The molecule has 0 saturated carbocycles. The first-order valence-electron chi connectivity index (χ1n) is 11.1. The normalized spacial score (nSPS) is 15.1. The molecule has 1 aliphatic rings. The van der Waals surface area contributed by atoms with E-state index in [0.29, 0.717) is 23.5 Å². The summed E-state index contributed by atoms with van der Waals surface area (Å²) in [5.41, 5.74) is 1.83. The molecule has 3 aromatic heterocycles. The summed E-state index contributed by atoms with van der Waals surface area (Å²) in [4.78, 5) is 32.2. The van der Waals surface area contributed by atoms with Crippen molar-refractivity contribution in [3.63, 3.8) is 0 Å². The molecule has 1 saturated heterocycles. The highest BCUT2D eigenvalue weighted by atomic mass is 16.5. The van der Waals surface area contributed by atoms with E-state index in [0.717, 1.165) is 41.3 Å². The van der Waals surface area contributed by atoms with Crippen LogP contribution in [-0.2, 0) is 14.1 Å². The first kappa shape index (κ1) is 20.6. The summed E-state index contributed by atoms with van der Waals surface area (Å²) in [6.07, 6.45) is 5.74. The summed E-state index contributed by atoms with van der Waals surface area (Å²) in [6.45, 7) is 5.85. The third-order valence-corrected chi connectivity index (χ3v) is 6.34. The molecule has 0 aliphatic carbocycles. The highest BCUT2D eigenvalue weighted by Crippen LogP contribution is 2.24. The van der Waals surface area contributed by atoms with E-state index >= 15 is 0 Å². The molecule has 1 aliphatic heterocycles. The predicted molar refractivity (Wildman–Crippen MR) is 123 cm³/mol. The highest BCUT2D eigenvalue weighted by molar-refractivity contribution is 5.76. The van der Waals surface area contributed by atoms with Crippen LogP contribution >= 0.6 is 0 Å². The van der Waals surface area contributed by atoms with Crippen LogP contribution in [0.4, 0.5) is 0 Å². The summed E-state index contributed by atoms with van der Waals surface area (Å²) in [7, 11) is 3.11. The molecule has 0 atom stereocenters. The molecule has 9 heteroatoms. The lowest BCUT2D eigenvalue weighted by Crippen LogP contribution is -2.37. The van der Waals surface area contributed by atoms with Crippen molar-refractivity contribution in [3.05, 3.63) is 57.0 Å². The molecule has 168 valence electrons. The molecule has 1 fully saturated rings. The molecule has 0 amide bonds. The molecule has 4 heterocycles. The zero-order chi connectivity index (χ0) is 22.4. The second-order valence-electron chi connectivity index (χ2n) is 8.51. The number of benzene rings is 1. The van der Waals surface area contributed by atoms with Gasteiger partial charge in [0.15, 0.2) is 11.2 Å². The number of ether oxygens (including phenoxy) is 1. The Kier molecular flexibility index (Phi) is 5.13. The predicted octanol–water partition coefficient (Wildman–Crippen LogP) is 1.85. The van der Waals surface area contributed by atoms with Crippen molar-refractivity contribution in [3.8, 4) is 11.4 Å². The zero-order valence-electron chi connectivity index (χ0n) is 18.7. The number of rotatable bonds is 5. The third-order valence-electron chi connectivity index (χ3n) is 6.34. The molecule has 0 spiro atoms. The summed E-state index contributed by atoms with van der Waals surface area (Å²) in [5, 5.41) is 0. The van der Waals surface area contributed by atoms with Crippen molar-refractivity contribution in [2.45, 2.75) is 26.2 Å². The number of piperidine rings is 1. The van der Waals surface area contributed by atoms with Gasteiger partial charge in [-0.3, -0.25) is 27.8 Å². The van der Waals surface area contributed by atoms with E-state index in [1.54, 1.807) is 11.4 Å². The smallest absolute Gasteiger partial charge is 0.332 e. The van der Waals surface area contributed by atoms with Crippen LogP contribution in [0.15, 0.2) is 40.1 Å². The number of nitrogens with zero attached hydrogens (tertiary/aromatic N) is 6. The monoisotopic (exact) mass is 436 g/mol. The van der Waals surface area contributed by atoms with E-state index in [9.17, 15) is 9.59 Å². The van der Waals surface area contributed by atoms with Crippen LogP contribution < -0.4 is 16.0 Å². The summed E-state index contributed by atoms with van der Waals surface area (Å²) in [5.74, 6) is 1.38. The lowest BCUT2D eigenvalue weighted by Gasteiger charge is -2.26. The van der Waals surface area contributed by atoms with Gasteiger partial charge < -0.3 is 4.74 Å². The molecule has 0 radical (unpaired) electrons. The first-order valence-corrected chi connectivity index (χ1v) is 11.1. The van der Waals surface area contributed by atoms with Crippen LogP contribution in [-0.4, -0.2) is 54.2 Å². The Balaban J connectivity index is 1.51. The van der Waals surface area contributed by atoms with E-state index < -0.39 is 5.69 Å². The lowest BCUT2D eigenvalue weighted by molar-refractivity contribution is 0.183. The molecule has 4 aromatic rings. The second kappa shape index (κ2) is 7.98. The Labute approximate surface area is 185 Å². The van der Waals surface area contributed by atoms with Gasteiger partial charge in [0.1, 0.15) is 12.4 Å².